The molecule has 1 aliphatic rings. The zero-order chi connectivity index (χ0) is 96.8. The van der Waals surface area contributed by atoms with Gasteiger partial charge >= 0.3 is 34.2 Å². The number of nitrogens with zero attached hydrogens (tertiary/aromatic N) is 4. The van der Waals surface area contributed by atoms with Crippen molar-refractivity contribution in [1.82, 2.24) is 19.6 Å². The number of carbonyl (C=O) groups excluding carboxylic acids is 8. The molecule has 20 heteroatoms. The van der Waals surface area contributed by atoms with E-state index in [0.29, 0.717) is 101 Å². The van der Waals surface area contributed by atoms with Gasteiger partial charge in [-0.3, -0.25) is 58.0 Å². The van der Waals surface area contributed by atoms with Gasteiger partial charge in [0.15, 0.2) is 0 Å². The first-order valence-electron chi connectivity index (χ1n) is 58.2. The summed E-state index contributed by atoms with van der Waals surface area (Å²) >= 11 is 0. The molecule has 16 nitrogen and oxygen atoms in total. The van der Waals surface area contributed by atoms with Gasteiger partial charge in [0.1, 0.15) is 0 Å². The number of unbranched alkanes of at least 4 members (excludes halogenated alkanes) is 64. The van der Waals surface area contributed by atoms with Gasteiger partial charge in [-0.05, 0) is 127 Å². The van der Waals surface area contributed by atoms with Crippen LogP contribution >= 0.6 is 0 Å². The standard InChI is InChI=1S/C112H220N4O12Si4/c1-13-21-29-37-45-53-61-69-77-89-105(117)113(106(118)90-78-70-62-54-46-38-30-22-14-2)97-85-101-129(9)125-130(10,102-86-98-114(107(119)91-79-71-63-55-47-39-31-23-15-3)108(120)92-80-72-64-56-48-40-32-24-16-4)127-132(12,104-88-100-116(111(123)95-83-75-67-59-51-43-35-27-19-7)112(124)96-84-76-68-60-52-44-36-28-20-8)128-131(11,126-129)103-87-99-115(109(121)93-81-73-65-57-49-41-33-25-17-5)110(122)94-82-74-66-58-50-42-34-26-18-6/h13-104H2,1-12H3. The van der Waals surface area contributed by atoms with Gasteiger partial charge in [-0.1, -0.05) is 466 Å². The average molecular weight is 1930 g/mol. The van der Waals surface area contributed by atoms with Gasteiger partial charge in [0.2, 0.25) is 47.3 Å². The fourth-order valence-corrected chi connectivity index (χ4v) is 43.1. The minimum Gasteiger partial charge on any atom is -0.416 e. The van der Waals surface area contributed by atoms with Crippen molar-refractivity contribution in [2.45, 2.75) is 645 Å². The molecule has 0 aromatic carbocycles. The number of hydrogen-bond acceptors (Lipinski definition) is 12. The lowest BCUT2D eigenvalue weighted by atomic mass is 10.1. The largest absolute Gasteiger partial charge is 0.416 e. The third-order valence-corrected chi connectivity index (χ3v) is 47.0. The van der Waals surface area contributed by atoms with Crippen LogP contribution in [0, 0.1) is 0 Å². The van der Waals surface area contributed by atoms with Crippen LogP contribution in [0.15, 0.2) is 0 Å². The maximum absolute atomic E-state index is 14.8. The third kappa shape index (κ3) is 70.8. The van der Waals surface area contributed by atoms with E-state index in [1.165, 1.54) is 257 Å². The Labute approximate surface area is 822 Å². The van der Waals surface area contributed by atoms with E-state index in [1.54, 1.807) is 19.6 Å². The topological polar surface area (TPSA) is 186 Å². The second-order valence-corrected chi connectivity index (χ2v) is 56.1. The summed E-state index contributed by atoms with van der Waals surface area (Å²) in [5.74, 6) is -0.892. The van der Waals surface area contributed by atoms with Crippen molar-refractivity contribution in [2.75, 3.05) is 26.2 Å². The van der Waals surface area contributed by atoms with E-state index in [2.05, 4.69) is 81.6 Å². The maximum atomic E-state index is 14.8. The Morgan fingerprint density at radius 1 is 0.144 bits per heavy atom. The van der Waals surface area contributed by atoms with Gasteiger partial charge in [0.05, 0.1) is 0 Å². The van der Waals surface area contributed by atoms with Crippen LogP contribution in [0.2, 0.25) is 50.4 Å². The first kappa shape index (κ1) is 127. The van der Waals surface area contributed by atoms with Crippen LogP contribution in [0.5, 0.6) is 0 Å². The molecule has 0 N–H and O–H groups in total. The summed E-state index contributed by atoms with van der Waals surface area (Å²) in [6.07, 6.45) is 85.4. The van der Waals surface area contributed by atoms with Crippen LogP contribution in [-0.2, 0) is 54.8 Å². The van der Waals surface area contributed by atoms with Gasteiger partial charge in [0, 0.05) is 77.5 Å². The van der Waals surface area contributed by atoms with E-state index in [9.17, 15) is 38.4 Å². The Morgan fingerprint density at radius 2 is 0.235 bits per heavy atom. The third-order valence-electron chi connectivity index (χ3n) is 28.1. The zero-order valence-corrected chi connectivity index (χ0v) is 93.7. The lowest BCUT2D eigenvalue weighted by Crippen LogP contribution is -2.67. The van der Waals surface area contributed by atoms with Gasteiger partial charge in [-0.25, -0.2) is 0 Å². The van der Waals surface area contributed by atoms with E-state index in [4.69, 9.17) is 16.5 Å². The normalized spacial score (nSPS) is 16.9. The molecule has 0 radical (unpaired) electrons. The first-order chi connectivity index (χ1) is 64.1. The lowest BCUT2D eigenvalue weighted by molar-refractivity contribution is -0.146. The Bertz CT molecular complexity index is 2260. The molecule has 0 bridgehead atoms. The molecule has 0 saturated carbocycles. The van der Waals surface area contributed by atoms with Crippen molar-refractivity contribution in [1.29, 1.82) is 0 Å². The van der Waals surface area contributed by atoms with Crippen molar-refractivity contribution < 1.29 is 54.8 Å². The first-order valence-corrected chi connectivity index (χ1v) is 68.3. The fourth-order valence-electron chi connectivity index (χ4n) is 19.9. The minimum atomic E-state index is -3.57. The van der Waals surface area contributed by atoms with Crippen molar-refractivity contribution >= 4 is 81.5 Å². The Balaban J connectivity index is 4.36. The quantitative estimate of drug-likeness (QED) is 0.0415. The van der Waals surface area contributed by atoms with Gasteiger partial charge < -0.3 is 16.5 Å². The summed E-state index contributed by atoms with van der Waals surface area (Å²) in [4.78, 5) is 125. The van der Waals surface area contributed by atoms with Crippen LogP contribution in [-0.4, -0.2) is 127 Å². The molecule has 1 saturated heterocycles. The van der Waals surface area contributed by atoms with Gasteiger partial charge in [0.25, 0.3) is 0 Å². The number of imide groups is 4. The van der Waals surface area contributed by atoms with Crippen molar-refractivity contribution in [2.24, 2.45) is 0 Å². The van der Waals surface area contributed by atoms with Gasteiger partial charge in [-0.15, -0.1) is 0 Å². The molecule has 1 aliphatic heterocycles. The SMILES string of the molecule is CCCCCCCCCCCC(=O)N(CCC[Si]1(C)O[Si](C)(CCCN(C(=O)CCCCCCCCCCC)C(=O)CCCCCCCCCCC)O[Si](C)(CCCN(C(=O)CCCCCCCCCCC)C(=O)CCCCCCCCCCC)O[Si](C)(CCCN(C(=O)CCCCCCCCCCC)C(=O)CCCCCCCCCCC)O1)C(=O)CCCCCCCCCCC. The van der Waals surface area contributed by atoms with E-state index >= 15 is 0 Å². The summed E-state index contributed by atoms with van der Waals surface area (Å²) in [5.41, 5.74) is 0. The molecule has 0 spiro atoms. The monoisotopic (exact) mass is 1930 g/mol. The highest BCUT2D eigenvalue weighted by Crippen LogP contribution is 2.40. The molecule has 0 aromatic heterocycles. The average Bonchev–Trinajstić information content (AvgIpc) is 0.764. The molecule has 776 valence electrons. The van der Waals surface area contributed by atoms with Crippen molar-refractivity contribution in [3.05, 3.63) is 0 Å². The summed E-state index contributed by atoms with van der Waals surface area (Å²) in [7, 11) is -14.3. The molecule has 0 aromatic rings. The summed E-state index contributed by atoms with van der Waals surface area (Å²) < 4.78 is 32.0. The maximum Gasteiger partial charge on any atom is 0.317 e. The van der Waals surface area contributed by atoms with Gasteiger partial charge in [-0.2, -0.15) is 0 Å². The molecule has 132 heavy (non-hydrogen) atoms. The van der Waals surface area contributed by atoms with Crippen LogP contribution in [0.4, 0.5) is 0 Å². The highest BCUT2D eigenvalue weighted by molar-refractivity contribution is 6.94. The number of carbonyl (C=O) groups is 8. The lowest BCUT2D eigenvalue weighted by Gasteiger charge is -2.50. The van der Waals surface area contributed by atoms with Crippen LogP contribution in [0.25, 0.3) is 0 Å². The second-order valence-electron chi connectivity index (χ2n) is 41.7. The Kier molecular flexibility index (Phi) is 85.3. The van der Waals surface area contributed by atoms with Crippen LogP contribution < -0.4 is 0 Å². The molecular formula is C112H220N4O12Si4. The van der Waals surface area contributed by atoms with E-state index < -0.39 is 34.2 Å². The molecule has 0 unspecified atom stereocenters. The number of rotatable bonds is 96. The van der Waals surface area contributed by atoms with E-state index in [1.807, 2.05) is 0 Å². The number of hydrogen-bond donors (Lipinski definition) is 0. The van der Waals surface area contributed by atoms with E-state index in [0.717, 1.165) is 205 Å². The summed E-state index contributed by atoms with van der Waals surface area (Å²) in [6.45, 7) is 27.4. The molecule has 1 rings (SSSR count). The summed E-state index contributed by atoms with van der Waals surface area (Å²) in [5, 5.41) is 0. The molecule has 0 atom stereocenters. The van der Waals surface area contributed by atoms with Crippen LogP contribution in [0.3, 0.4) is 0 Å². The fraction of sp³-hybridized carbons (Fsp3) is 0.929. The Hall–Kier alpha value is -2.73. The second kappa shape index (κ2) is 88.4. The summed E-state index contributed by atoms with van der Waals surface area (Å²) in [6, 6.07) is 1.70. The molecule has 1 heterocycles. The highest BCUT2D eigenvalue weighted by atomic mass is 28.5. The van der Waals surface area contributed by atoms with Crippen LogP contribution in [0.1, 0.15) is 595 Å². The molecule has 1 fully saturated rings. The highest BCUT2D eigenvalue weighted by Gasteiger charge is 2.57. The predicted molar refractivity (Wildman–Crippen MR) is 570 cm³/mol. The predicted octanol–water partition coefficient (Wildman–Crippen LogP) is 34.7. The smallest absolute Gasteiger partial charge is 0.317 e. The van der Waals surface area contributed by atoms with Crippen molar-refractivity contribution in [3.8, 4) is 0 Å². The van der Waals surface area contributed by atoms with E-state index in [-0.39, 0.29) is 73.4 Å². The number of amides is 8. The molecule has 0 aliphatic carbocycles. The van der Waals surface area contributed by atoms with Crippen molar-refractivity contribution in [3.63, 3.8) is 0 Å². The Morgan fingerprint density at radius 3 is 0.333 bits per heavy atom. The molecule has 8 amide bonds. The molecular weight excluding hydrogens is 1710 g/mol. The zero-order valence-electron chi connectivity index (χ0n) is 89.7. The minimum absolute atomic E-state index is 0.112.